The van der Waals surface area contributed by atoms with Crippen LogP contribution in [0.25, 0.3) is 0 Å². The Kier molecular flexibility index (Phi) is 5.20. The van der Waals surface area contributed by atoms with Gasteiger partial charge in [-0.3, -0.25) is 0 Å². The Hall–Kier alpha value is -1.33. The summed E-state index contributed by atoms with van der Waals surface area (Å²) in [6.45, 7) is 0.244. The van der Waals surface area contributed by atoms with Crippen LogP contribution in [0.1, 0.15) is 25.7 Å². The van der Waals surface area contributed by atoms with Crippen LogP contribution in [-0.4, -0.2) is 40.7 Å². The Morgan fingerprint density at radius 3 is 2.80 bits per heavy atom. The minimum atomic E-state index is -0.174. The number of rotatable bonds is 3. The van der Waals surface area contributed by atoms with E-state index in [-0.39, 0.29) is 18.7 Å². The lowest BCUT2D eigenvalue weighted by Gasteiger charge is -2.34. The summed E-state index contributed by atoms with van der Waals surface area (Å²) in [5, 5.41) is 12.2. The molecule has 1 fully saturated rings. The second-order valence-corrected chi connectivity index (χ2v) is 5.60. The molecule has 5 nitrogen and oxygen atoms in total. The van der Waals surface area contributed by atoms with Gasteiger partial charge in [-0.1, -0.05) is 11.6 Å². The van der Waals surface area contributed by atoms with Crippen molar-refractivity contribution in [2.75, 3.05) is 19.0 Å². The summed E-state index contributed by atoms with van der Waals surface area (Å²) in [5.41, 5.74) is 0.523. The number of nitrogens with zero attached hydrogens (tertiary/aromatic N) is 2. The molecule has 0 atom stereocenters. The van der Waals surface area contributed by atoms with Crippen LogP contribution in [0.4, 0.5) is 10.5 Å². The third kappa shape index (κ3) is 3.61. The molecule has 110 valence electrons. The smallest absolute Gasteiger partial charge is 0.321 e. The fraction of sp³-hybridized carbons (Fsp3) is 0.571. The number of aliphatic hydroxyl groups excluding tert-OH is 1. The highest BCUT2D eigenvalue weighted by Gasteiger charge is 2.26. The van der Waals surface area contributed by atoms with E-state index in [0.717, 1.165) is 25.7 Å². The van der Waals surface area contributed by atoms with E-state index >= 15 is 0 Å². The summed E-state index contributed by atoms with van der Waals surface area (Å²) in [6.07, 6.45) is 5.36. The number of aromatic nitrogens is 1. The number of carbonyl (C=O) groups excluding carboxylic acids is 1. The SMILES string of the molecule is CN(C(=O)Nc1cccnc1Cl)C1CCC(CO)CC1. The van der Waals surface area contributed by atoms with Gasteiger partial charge in [0.25, 0.3) is 0 Å². The maximum atomic E-state index is 12.2. The molecule has 0 aromatic carbocycles. The average Bonchev–Trinajstić information content (AvgIpc) is 2.49. The molecular weight excluding hydrogens is 278 g/mol. The van der Waals surface area contributed by atoms with Gasteiger partial charge in [-0.2, -0.15) is 0 Å². The van der Waals surface area contributed by atoms with Gasteiger partial charge in [0.05, 0.1) is 5.69 Å². The number of pyridine rings is 1. The lowest BCUT2D eigenvalue weighted by atomic mass is 9.86. The number of carbonyl (C=O) groups is 1. The van der Waals surface area contributed by atoms with Crippen molar-refractivity contribution in [3.8, 4) is 0 Å². The fourth-order valence-electron chi connectivity index (χ4n) is 2.56. The lowest BCUT2D eigenvalue weighted by molar-refractivity contribution is 0.139. The van der Waals surface area contributed by atoms with Crippen LogP contribution in [-0.2, 0) is 0 Å². The first-order valence-electron chi connectivity index (χ1n) is 6.87. The minimum Gasteiger partial charge on any atom is -0.396 e. The monoisotopic (exact) mass is 297 g/mol. The van der Waals surface area contributed by atoms with E-state index in [1.165, 1.54) is 0 Å². The molecule has 0 radical (unpaired) electrons. The van der Waals surface area contributed by atoms with Crippen molar-refractivity contribution in [1.29, 1.82) is 0 Å². The maximum Gasteiger partial charge on any atom is 0.321 e. The maximum absolute atomic E-state index is 12.2. The van der Waals surface area contributed by atoms with Crippen LogP contribution in [0.2, 0.25) is 5.15 Å². The first-order chi connectivity index (χ1) is 9.61. The summed E-state index contributed by atoms with van der Waals surface area (Å²) >= 11 is 5.92. The molecule has 0 saturated heterocycles. The number of hydrogen-bond donors (Lipinski definition) is 2. The van der Waals surface area contributed by atoms with Gasteiger partial charge in [0.1, 0.15) is 0 Å². The molecule has 1 saturated carbocycles. The number of hydrogen-bond acceptors (Lipinski definition) is 3. The van der Waals surface area contributed by atoms with Crippen LogP contribution in [0.15, 0.2) is 18.3 Å². The Labute approximate surface area is 123 Å². The van der Waals surface area contributed by atoms with E-state index in [9.17, 15) is 4.79 Å². The third-order valence-electron chi connectivity index (χ3n) is 3.94. The highest BCUT2D eigenvalue weighted by molar-refractivity contribution is 6.32. The summed E-state index contributed by atoms with van der Waals surface area (Å²) in [7, 11) is 1.80. The molecule has 20 heavy (non-hydrogen) atoms. The summed E-state index contributed by atoms with van der Waals surface area (Å²) in [4.78, 5) is 17.8. The molecule has 0 aliphatic heterocycles. The van der Waals surface area contributed by atoms with Gasteiger partial charge < -0.3 is 15.3 Å². The predicted octanol–water partition coefficient (Wildman–Crippen LogP) is 2.75. The molecule has 2 amide bonds. The summed E-state index contributed by atoms with van der Waals surface area (Å²) in [6, 6.07) is 3.50. The number of urea groups is 1. The van der Waals surface area contributed by atoms with Gasteiger partial charge in [0.2, 0.25) is 0 Å². The molecule has 1 heterocycles. The topological polar surface area (TPSA) is 65.5 Å². The van der Waals surface area contributed by atoms with Crippen LogP contribution in [0.5, 0.6) is 0 Å². The van der Waals surface area contributed by atoms with Crippen LogP contribution in [0, 0.1) is 5.92 Å². The third-order valence-corrected chi connectivity index (χ3v) is 4.24. The van der Waals surface area contributed by atoms with E-state index < -0.39 is 0 Å². The van der Waals surface area contributed by atoms with Crippen molar-refractivity contribution in [3.05, 3.63) is 23.5 Å². The first kappa shape index (κ1) is 15.1. The number of aliphatic hydroxyl groups is 1. The van der Waals surface area contributed by atoms with Gasteiger partial charge >= 0.3 is 6.03 Å². The second-order valence-electron chi connectivity index (χ2n) is 5.24. The average molecular weight is 298 g/mol. The Morgan fingerprint density at radius 1 is 1.50 bits per heavy atom. The summed E-state index contributed by atoms with van der Waals surface area (Å²) in [5.74, 6) is 0.385. The number of anilines is 1. The van der Waals surface area contributed by atoms with E-state index in [4.69, 9.17) is 16.7 Å². The molecule has 6 heteroatoms. The van der Waals surface area contributed by atoms with Crippen molar-refractivity contribution >= 4 is 23.3 Å². The van der Waals surface area contributed by atoms with E-state index in [1.807, 2.05) is 0 Å². The number of halogens is 1. The normalized spacial score (nSPS) is 22.4. The largest absolute Gasteiger partial charge is 0.396 e. The van der Waals surface area contributed by atoms with Crippen molar-refractivity contribution in [1.82, 2.24) is 9.88 Å². The Bertz CT molecular complexity index is 461. The highest BCUT2D eigenvalue weighted by Crippen LogP contribution is 2.27. The first-order valence-corrected chi connectivity index (χ1v) is 7.24. The number of amides is 2. The molecule has 1 aromatic heterocycles. The van der Waals surface area contributed by atoms with Crippen molar-refractivity contribution < 1.29 is 9.90 Å². The second kappa shape index (κ2) is 6.90. The molecule has 1 aliphatic carbocycles. The van der Waals surface area contributed by atoms with E-state index in [2.05, 4.69) is 10.3 Å². The molecule has 0 bridgehead atoms. The van der Waals surface area contributed by atoms with Crippen LogP contribution in [0.3, 0.4) is 0 Å². The van der Waals surface area contributed by atoms with Crippen molar-refractivity contribution in [2.45, 2.75) is 31.7 Å². The van der Waals surface area contributed by atoms with E-state index in [1.54, 1.807) is 30.3 Å². The Balaban J connectivity index is 1.91. The van der Waals surface area contributed by atoms with Gasteiger partial charge in [0, 0.05) is 25.9 Å². The molecule has 0 spiro atoms. The highest BCUT2D eigenvalue weighted by atomic mass is 35.5. The van der Waals surface area contributed by atoms with Crippen molar-refractivity contribution in [2.24, 2.45) is 5.92 Å². The fourth-order valence-corrected chi connectivity index (χ4v) is 2.73. The predicted molar refractivity (Wildman–Crippen MR) is 78.9 cm³/mol. The Morgan fingerprint density at radius 2 is 2.20 bits per heavy atom. The van der Waals surface area contributed by atoms with E-state index in [0.29, 0.717) is 16.8 Å². The van der Waals surface area contributed by atoms with Gasteiger partial charge in [0.15, 0.2) is 5.15 Å². The molecule has 1 aliphatic rings. The zero-order chi connectivity index (χ0) is 14.5. The molecule has 0 unspecified atom stereocenters. The lowest BCUT2D eigenvalue weighted by Crippen LogP contribution is -2.42. The zero-order valence-corrected chi connectivity index (χ0v) is 12.3. The van der Waals surface area contributed by atoms with Gasteiger partial charge in [-0.05, 0) is 43.7 Å². The van der Waals surface area contributed by atoms with Gasteiger partial charge in [-0.25, -0.2) is 9.78 Å². The molecular formula is C14H20ClN3O2. The molecule has 2 N–H and O–H groups in total. The summed E-state index contributed by atoms with van der Waals surface area (Å²) < 4.78 is 0. The van der Waals surface area contributed by atoms with Crippen LogP contribution < -0.4 is 5.32 Å². The standard InChI is InChI=1S/C14H20ClN3O2/c1-18(11-6-4-10(9-19)5-7-11)14(20)17-12-3-2-8-16-13(12)15/h2-3,8,10-11,19H,4-7,9H2,1H3,(H,17,20). The number of nitrogens with one attached hydrogen (secondary N) is 1. The van der Waals surface area contributed by atoms with Crippen molar-refractivity contribution in [3.63, 3.8) is 0 Å². The zero-order valence-electron chi connectivity index (χ0n) is 11.6. The molecule has 2 rings (SSSR count). The quantitative estimate of drug-likeness (QED) is 0.843. The molecule has 1 aromatic rings. The van der Waals surface area contributed by atoms with Gasteiger partial charge in [-0.15, -0.1) is 0 Å². The minimum absolute atomic E-state index is 0.174. The van der Waals surface area contributed by atoms with Crippen LogP contribution >= 0.6 is 11.6 Å².